The van der Waals surface area contributed by atoms with Crippen molar-refractivity contribution in [1.82, 2.24) is 15.2 Å². The first kappa shape index (κ1) is 18.9. The molecule has 1 saturated carbocycles. The first-order chi connectivity index (χ1) is 11.2. The Labute approximate surface area is 166 Å². The van der Waals surface area contributed by atoms with E-state index in [2.05, 4.69) is 26.0 Å². The van der Waals surface area contributed by atoms with E-state index in [1.807, 2.05) is 6.20 Å². The molecule has 1 spiro atoms. The Morgan fingerprint density at radius 2 is 2.04 bits per heavy atom. The third-order valence-electron chi connectivity index (χ3n) is 5.14. The highest BCUT2D eigenvalue weighted by atomic mass is 35.5. The van der Waals surface area contributed by atoms with E-state index in [-0.39, 0.29) is 12.4 Å². The van der Waals surface area contributed by atoms with Crippen LogP contribution in [0, 0.1) is 5.41 Å². The van der Waals surface area contributed by atoms with E-state index in [1.54, 1.807) is 11.3 Å². The van der Waals surface area contributed by atoms with Crippen molar-refractivity contribution in [2.24, 2.45) is 5.41 Å². The summed E-state index contributed by atoms with van der Waals surface area (Å²) in [6.45, 7) is 4.06. The van der Waals surface area contributed by atoms with Gasteiger partial charge in [0, 0.05) is 24.2 Å². The van der Waals surface area contributed by atoms with Gasteiger partial charge in [-0.05, 0) is 48.7 Å². The van der Waals surface area contributed by atoms with Gasteiger partial charge in [0.1, 0.15) is 9.34 Å². The van der Waals surface area contributed by atoms with Crippen LogP contribution in [0.4, 0.5) is 0 Å². The van der Waals surface area contributed by atoms with Crippen LogP contribution in [0.25, 0.3) is 0 Å². The molecule has 3 heterocycles. The molecule has 0 amide bonds. The Morgan fingerprint density at radius 1 is 1.25 bits per heavy atom. The number of rotatable bonds is 5. The summed E-state index contributed by atoms with van der Waals surface area (Å²) in [5.74, 6) is 0. The molecule has 1 N–H and O–H groups in total. The zero-order valence-electron chi connectivity index (χ0n) is 13.1. The largest absolute Gasteiger partial charge is 0.317 e. The highest BCUT2D eigenvalue weighted by molar-refractivity contribution is 7.15. The number of hydrogen-bond acceptors (Lipinski definition) is 5. The van der Waals surface area contributed by atoms with Gasteiger partial charge in [-0.2, -0.15) is 0 Å². The van der Waals surface area contributed by atoms with Crippen molar-refractivity contribution < 1.29 is 0 Å². The van der Waals surface area contributed by atoms with Crippen LogP contribution in [-0.2, 0) is 13.1 Å². The first-order valence-corrected chi connectivity index (χ1v) is 10.4. The lowest BCUT2D eigenvalue weighted by molar-refractivity contribution is 0.188. The molecule has 2 aromatic rings. The molecule has 4 rings (SSSR count). The number of hydrogen-bond donors (Lipinski definition) is 1. The SMILES string of the molecule is Cl.Clc1scc(CN(Cc2nccs2)C2CC23CCNCC3)c1Cl. The monoisotopic (exact) mass is 423 g/mol. The Hall–Kier alpha value is 0.120. The number of nitrogens with zero attached hydrogens (tertiary/aromatic N) is 2. The van der Waals surface area contributed by atoms with Crippen molar-refractivity contribution in [3.8, 4) is 0 Å². The summed E-state index contributed by atoms with van der Waals surface area (Å²) in [6, 6.07) is 0.642. The van der Waals surface area contributed by atoms with E-state index < -0.39 is 0 Å². The fourth-order valence-corrected chi connectivity index (χ4v) is 5.64. The molecule has 1 aliphatic heterocycles. The summed E-state index contributed by atoms with van der Waals surface area (Å²) in [6.07, 6.45) is 5.75. The second kappa shape index (κ2) is 7.78. The smallest absolute Gasteiger partial charge is 0.112 e. The van der Waals surface area contributed by atoms with Gasteiger partial charge in [0.15, 0.2) is 0 Å². The van der Waals surface area contributed by atoms with Gasteiger partial charge in [-0.1, -0.05) is 23.2 Å². The van der Waals surface area contributed by atoms with Crippen LogP contribution in [0.2, 0.25) is 9.36 Å². The average Bonchev–Trinajstić information content (AvgIpc) is 2.88. The Bertz CT molecular complexity index is 668. The van der Waals surface area contributed by atoms with E-state index in [1.165, 1.54) is 35.6 Å². The normalized spacial score (nSPS) is 21.9. The molecule has 24 heavy (non-hydrogen) atoms. The quantitative estimate of drug-likeness (QED) is 0.725. The van der Waals surface area contributed by atoms with Crippen LogP contribution < -0.4 is 5.32 Å². The maximum absolute atomic E-state index is 6.37. The van der Waals surface area contributed by atoms with Crippen molar-refractivity contribution in [2.45, 2.75) is 38.4 Å². The number of thiophene rings is 1. The van der Waals surface area contributed by atoms with Crippen molar-refractivity contribution in [1.29, 1.82) is 0 Å². The fraction of sp³-hybridized carbons (Fsp3) is 0.562. The summed E-state index contributed by atoms with van der Waals surface area (Å²) in [5.41, 5.74) is 1.66. The van der Waals surface area contributed by atoms with Crippen LogP contribution >= 0.6 is 58.3 Å². The minimum absolute atomic E-state index is 0. The third-order valence-corrected chi connectivity index (χ3v) is 7.82. The number of thiazole rings is 1. The molecular formula is C16H20Cl3N3S2. The summed E-state index contributed by atoms with van der Waals surface area (Å²) in [4.78, 5) is 7.04. The highest BCUT2D eigenvalue weighted by Gasteiger charge is 2.56. The van der Waals surface area contributed by atoms with Gasteiger partial charge in [-0.3, -0.25) is 4.90 Å². The maximum atomic E-state index is 6.37. The molecule has 0 bridgehead atoms. The second-order valence-electron chi connectivity index (χ2n) is 6.51. The summed E-state index contributed by atoms with van der Waals surface area (Å²) in [7, 11) is 0. The van der Waals surface area contributed by atoms with Crippen molar-refractivity contribution in [2.75, 3.05) is 13.1 Å². The molecule has 2 fully saturated rings. The van der Waals surface area contributed by atoms with Gasteiger partial charge in [-0.15, -0.1) is 35.1 Å². The molecule has 2 aliphatic rings. The van der Waals surface area contributed by atoms with Crippen molar-refractivity contribution in [3.63, 3.8) is 0 Å². The van der Waals surface area contributed by atoms with Crippen LogP contribution in [0.3, 0.4) is 0 Å². The predicted octanol–water partition coefficient (Wildman–Crippen LogP) is 5.08. The predicted molar refractivity (Wildman–Crippen MR) is 106 cm³/mol. The number of aromatic nitrogens is 1. The molecule has 1 atom stereocenters. The fourth-order valence-electron chi connectivity index (χ4n) is 3.76. The minimum Gasteiger partial charge on any atom is -0.317 e. The Kier molecular flexibility index (Phi) is 6.13. The topological polar surface area (TPSA) is 28.2 Å². The van der Waals surface area contributed by atoms with Gasteiger partial charge < -0.3 is 5.32 Å². The summed E-state index contributed by atoms with van der Waals surface area (Å²) in [5, 5.41) is 9.53. The highest BCUT2D eigenvalue weighted by Crippen LogP contribution is 2.56. The molecule has 0 aromatic carbocycles. The van der Waals surface area contributed by atoms with E-state index in [0.29, 0.717) is 15.8 Å². The lowest BCUT2D eigenvalue weighted by Gasteiger charge is -2.29. The molecule has 3 nitrogen and oxygen atoms in total. The molecule has 132 valence electrons. The molecular weight excluding hydrogens is 405 g/mol. The lowest BCUT2D eigenvalue weighted by Crippen LogP contribution is -2.35. The zero-order valence-corrected chi connectivity index (χ0v) is 17.1. The standard InChI is InChI=1S/C16H19Cl2N3S2.ClH/c17-14-11(10-23-15(14)18)8-21(9-13-20-5-6-22-13)12-7-16(12)1-3-19-4-2-16;/h5-6,10,12,19H,1-4,7-9H2;1H. The molecule has 0 radical (unpaired) electrons. The van der Waals surface area contributed by atoms with E-state index in [9.17, 15) is 0 Å². The Balaban J connectivity index is 0.00000169. The molecule has 8 heteroatoms. The van der Waals surface area contributed by atoms with Crippen LogP contribution in [0.1, 0.15) is 29.8 Å². The number of piperidine rings is 1. The number of nitrogens with one attached hydrogen (secondary N) is 1. The van der Waals surface area contributed by atoms with Crippen LogP contribution in [-0.4, -0.2) is 29.0 Å². The Morgan fingerprint density at radius 3 is 2.67 bits per heavy atom. The average molecular weight is 425 g/mol. The number of halogens is 3. The second-order valence-corrected chi connectivity index (χ2v) is 9.35. The van der Waals surface area contributed by atoms with Gasteiger partial charge in [0.2, 0.25) is 0 Å². The van der Waals surface area contributed by atoms with Gasteiger partial charge in [0.25, 0.3) is 0 Å². The zero-order chi connectivity index (χ0) is 15.9. The van der Waals surface area contributed by atoms with Crippen molar-refractivity contribution in [3.05, 3.63) is 36.9 Å². The summed E-state index contributed by atoms with van der Waals surface area (Å²) < 4.78 is 0.697. The van der Waals surface area contributed by atoms with Crippen molar-refractivity contribution >= 4 is 58.3 Å². The third kappa shape index (κ3) is 3.78. The molecule has 1 unspecified atom stereocenters. The first-order valence-electron chi connectivity index (χ1n) is 7.92. The van der Waals surface area contributed by atoms with Crippen LogP contribution in [0.15, 0.2) is 17.0 Å². The van der Waals surface area contributed by atoms with E-state index in [4.69, 9.17) is 23.2 Å². The molecule has 2 aromatic heterocycles. The molecule has 1 aliphatic carbocycles. The van der Waals surface area contributed by atoms with E-state index in [0.717, 1.165) is 36.8 Å². The van der Waals surface area contributed by atoms with Gasteiger partial charge in [-0.25, -0.2) is 4.98 Å². The summed E-state index contributed by atoms with van der Waals surface area (Å²) >= 11 is 15.8. The van der Waals surface area contributed by atoms with Gasteiger partial charge in [0.05, 0.1) is 11.6 Å². The van der Waals surface area contributed by atoms with Gasteiger partial charge >= 0.3 is 0 Å². The molecule has 1 saturated heterocycles. The van der Waals surface area contributed by atoms with E-state index >= 15 is 0 Å². The maximum Gasteiger partial charge on any atom is 0.112 e. The lowest BCUT2D eigenvalue weighted by atomic mass is 9.93. The van der Waals surface area contributed by atoms with Crippen LogP contribution in [0.5, 0.6) is 0 Å². The minimum atomic E-state index is 0.